The summed E-state index contributed by atoms with van der Waals surface area (Å²) >= 11 is 6.06. The molecular formula is C20H16ClF3N2O2S. The van der Waals surface area contributed by atoms with Crippen LogP contribution in [0.3, 0.4) is 0 Å². The van der Waals surface area contributed by atoms with E-state index < -0.39 is 26.8 Å². The molecule has 2 aromatic carbocycles. The number of sulfonamides is 1. The van der Waals surface area contributed by atoms with Gasteiger partial charge < -0.3 is 0 Å². The minimum Gasteiger partial charge on any atom is -0.244 e. The molecule has 0 bridgehead atoms. The maximum absolute atomic E-state index is 13.4. The molecule has 0 amide bonds. The first kappa shape index (κ1) is 21.1. The van der Waals surface area contributed by atoms with Crippen molar-refractivity contribution in [2.45, 2.75) is 24.5 Å². The Kier molecular flexibility index (Phi) is 5.86. The van der Waals surface area contributed by atoms with Gasteiger partial charge in [0.25, 0.3) is 10.0 Å². The molecule has 0 N–H and O–H groups in total. The molecule has 0 aliphatic rings. The molecule has 0 saturated carbocycles. The van der Waals surface area contributed by atoms with E-state index in [4.69, 9.17) is 11.6 Å². The van der Waals surface area contributed by atoms with Crippen LogP contribution in [0, 0.1) is 6.92 Å². The fourth-order valence-electron chi connectivity index (χ4n) is 2.76. The molecule has 152 valence electrons. The maximum atomic E-state index is 13.4. The van der Waals surface area contributed by atoms with Gasteiger partial charge in [0, 0.05) is 6.20 Å². The van der Waals surface area contributed by atoms with Gasteiger partial charge in [0.1, 0.15) is 0 Å². The van der Waals surface area contributed by atoms with E-state index in [2.05, 4.69) is 4.98 Å². The summed E-state index contributed by atoms with van der Waals surface area (Å²) in [4.78, 5) is 3.78. The second-order valence-corrected chi connectivity index (χ2v) is 8.53. The fourth-order valence-corrected chi connectivity index (χ4v) is 4.73. The molecule has 0 aliphatic heterocycles. The number of anilines is 1. The summed E-state index contributed by atoms with van der Waals surface area (Å²) in [6.07, 6.45) is -4.07. The molecule has 9 heteroatoms. The number of hydrogen-bond acceptors (Lipinski definition) is 3. The molecule has 29 heavy (non-hydrogen) atoms. The van der Waals surface area contributed by atoms with Crippen LogP contribution in [0.2, 0.25) is 5.02 Å². The Morgan fingerprint density at radius 1 is 1.03 bits per heavy atom. The predicted octanol–water partition coefficient (Wildman–Crippen LogP) is 5.46. The first-order chi connectivity index (χ1) is 13.6. The lowest BCUT2D eigenvalue weighted by atomic mass is 10.2. The minimum atomic E-state index is -4.64. The molecule has 0 atom stereocenters. The third kappa shape index (κ3) is 4.54. The Morgan fingerprint density at radius 3 is 2.24 bits per heavy atom. The lowest BCUT2D eigenvalue weighted by molar-refractivity contribution is -0.137. The van der Waals surface area contributed by atoms with Gasteiger partial charge >= 0.3 is 6.18 Å². The van der Waals surface area contributed by atoms with Crippen LogP contribution in [0.4, 0.5) is 19.0 Å². The maximum Gasteiger partial charge on any atom is 0.417 e. The van der Waals surface area contributed by atoms with Gasteiger partial charge in [0.2, 0.25) is 0 Å². The largest absolute Gasteiger partial charge is 0.417 e. The number of nitrogens with zero attached hydrogens (tertiary/aromatic N) is 2. The van der Waals surface area contributed by atoms with Crippen molar-refractivity contribution in [1.29, 1.82) is 0 Å². The minimum absolute atomic E-state index is 0.0219. The Hall–Kier alpha value is -2.58. The number of aromatic nitrogens is 1. The molecule has 0 aliphatic carbocycles. The predicted molar refractivity (Wildman–Crippen MR) is 105 cm³/mol. The Balaban J connectivity index is 2.15. The molecule has 0 fully saturated rings. The SMILES string of the molecule is Cc1ccccc1S(=O)(=O)N(Cc1ccccc1)c1ncc(C(F)(F)F)cc1Cl. The van der Waals surface area contributed by atoms with Gasteiger partial charge in [0.05, 0.1) is 22.0 Å². The molecule has 3 aromatic rings. The van der Waals surface area contributed by atoms with Gasteiger partial charge in [-0.3, -0.25) is 0 Å². The van der Waals surface area contributed by atoms with E-state index in [1.807, 2.05) is 0 Å². The second-order valence-electron chi connectivity index (χ2n) is 6.29. The number of hydrogen-bond donors (Lipinski definition) is 0. The van der Waals surface area contributed by atoms with Gasteiger partial charge in [-0.2, -0.15) is 13.2 Å². The summed E-state index contributed by atoms with van der Waals surface area (Å²) in [7, 11) is -4.15. The number of benzene rings is 2. The molecule has 1 aromatic heterocycles. The van der Waals surface area contributed by atoms with Crippen molar-refractivity contribution in [3.63, 3.8) is 0 Å². The first-order valence-corrected chi connectivity index (χ1v) is 10.3. The second kappa shape index (κ2) is 8.04. The van der Waals surface area contributed by atoms with Crippen LogP contribution in [-0.2, 0) is 22.7 Å². The van der Waals surface area contributed by atoms with Crippen molar-refractivity contribution in [2.24, 2.45) is 0 Å². The smallest absolute Gasteiger partial charge is 0.244 e. The van der Waals surface area contributed by atoms with Crippen molar-refractivity contribution in [3.05, 3.63) is 88.6 Å². The highest BCUT2D eigenvalue weighted by atomic mass is 35.5. The van der Waals surface area contributed by atoms with Crippen LogP contribution in [0.25, 0.3) is 0 Å². The Bertz CT molecular complexity index is 1120. The average Bonchev–Trinajstić information content (AvgIpc) is 2.66. The lowest BCUT2D eigenvalue weighted by Crippen LogP contribution is -2.32. The van der Waals surface area contributed by atoms with Gasteiger partial charge in [-0.05, 0) is 30.2 Å². The highest BCUT2D eigenvalue weighted by Crippen LogP contribution is 2.36. The van der Waals surface area contributed by atoms with Gasteiger partial charge in [-0.1, -0.05) is 60.1 Å². The topological polar surface area (TPSA) is 50.3 Å². The fraction of sp³-hybridized carbons (Fsp3) is 0.150. The quantitative estimate of drug-likeness (QED) is 0.529. The lowest BCUT2D eigenvalue weighted by Gasteiger charge is -2.25. The molecule has 4 nitrogen and oxygen atoms in total. The molecule has 1 heterocycles. The Labute approximate surface area is 171 Å². The van der Waals surface area contributed by atoms with Crippen LogP contribution in [0.5, 0.6) is 0 Å². The van der Waals surface area contributed by atoms with Crippen molar-refractivity contribution in [1.82, 2.24) is 4.98 Å². The molecule has 0 radical (unpaired) electrons. The van der Waals surface area contributed by atoms with Crippen LogP contribution in [0.15, 0.2) is 71.8 Å². The summed E-state index contributed by atoms with van der Waals surface area (Å²) in [6.45, 7) is 1.49. The number of alkyl halides is 3. The van der Waals surface area contributed by atoms with Crippen LogP contribution < -0.4 is 4.31 Å². The monoisotopic (exact) mass is 440 g/mol. The summed E-state index contributed by atoms with van der Waals surface area (Å²) < 4.78 is 66.6. The van der Waals surface area contributed by atoms with E-state index in [1.165, 1.54) is 6.07 Å². The van der Waals surface area contributed by atoms with Crippen molar-refractivity contribution in [2.75, 3.05) is 4.31 Å². The van der Waals surface area contributed by atoms with Crippen molar-refractivity contribution < 1.29 is 21.6 Å². The van der Waals surface area contributed by atoms with Gasteiger partial charge in [0.15, 0.2) is 5.82 Å². The van der Waals surface area contributed by atoms with Crippen molar-refractivity contribution >= 4 is 27.4 Å². The molecule has 0 saturated heterocycles. The van der Waals surface area contributed by atoms with Crippen molar-refractivity contribution in [3.8, 4) is 0 Å². The zero-order valence-corrected chi connectivity index (χ0v) is 16.8. The van der Waals surface area contributed by atoms with E-state index in [1.54, 1.807) is 55.5 Å². The third-order valence-electron chi connectivity index (χ3n) is 4.22. The van der Waals surface area contributed by atoms with Crippen LogP contribution in [-0.4, -0.2) is 13.4 Å². The number of aryl methyl sites for hydroxylation is 1. The normalized spacial score (nSPS) is 12.0. The number of rotatable bonds is 5. The van der Waals surface area contributed by atoms with E-state index in [0.717, 1.165) is 4.31 Å². The summed E-state index contributed by atoms with van der Waals surface area (Å²) in [5.41, 5.74) is 0.0650. The van der Waals surface area contributed by atoms with Crippen LogP contribution in [0.1, 0.15) is 16.7 Å². The number of halogens is 4. The van der Waals surface area contributed by atoms with Gasteiger partial charge in [-0.25, -0.2) is 17.7 Å². The summed E-state index contributed by atoms with van der Waals surface area (Å²) in [5.74, 6) is -0.272. The standard InChI is InChI=1S/C20H16ClF3N2O2S/c1-14-7-5-6-10-18(14)29(27,28)26(13-15-8-3-2-4-9-15)19-17(21)11-16(12-25-19)20(22,23)24/h2-12H,13H2,1H3. The average molecular weight is 441 g/mol. The Morgan fingerprint density at radius 2 is 1.66 bits per heavy atom. The third-order valence-corrected chi connectivity index (χ3v) is 6.39. The van der Waals surface area contributed by atoms with E-state index in [9.17, 15) is 21.6 Å². The van der Waals surface area contributed by atoms with E-state index in [-0.39, 0.29) is 17.3 Å². The summed E-state index contributed by atoms with van der Waals surface area (Å²) in [5, 5.41) is -0.409. The molecule has 3 rings (SSSR count). The first-order valence-electron chi connectivity index (χ1n) is 8.46. The zero-order chi connectivity index (χ0) is 21.2. The molecular weight excluding hydrogens is 425 g/mol. The number of pyridine rings is 1. The highest BCUT2D eigenvalue weighted by Gasteiger charge is 2.34. The zero-order valence-electron chi connectivity index (χ0n) is 15.2. The molecule has 0 unspecified atom stereocenters. The van der Waals surface area contributed by atoms with E-state index >= 15 is 0 Å². The van der Waals surface area contributed by atoms with Crippen LogP contribution >= 0.6 is 11.6 Å². The molecule has 0 spiro atoms. The summed E-state index contributed by atoms with van der Waals surface area (Å²) in [6, 6.07) is 15.7. The van der Waals surface area contributed by atoms with Gasteiger partial charge in [-0.15, -0.1) is 0 Å². The highest BCUT2D eigenvalue weighted by molar-refractivity contribution is 7.92. The van der Waals surface area contributed by atoms with E-state index in [0.29, 0.717) is 23.4 Å².